The van der Waals surface area contributed by atoms with Crippen LogP contribution < -0.4 is 15.4 Å². The van der Waals surface area contributed by atoms with Crippen molar-refractivity contribution in [3.8, 4) is 5.88 Å². The molecule has 11 heteroatoms. The Hall–Kier alpha value is -3.34. The van der Waals surface area contributed by atoms with Gasteiger partial charge in [0.05, 0.1) is 25.0 Å². The number of alkyl halides is 1. The van der Waals surface area contributed by atoms with Gasteiger partial charge in [0.2, 0.25) is 5.88 Å². The van der Waals surface area contributed by atoms with E-state index in [0.29, 0.717) is 17.8 Å². The van der Waals surface area contributed by atoms with Crippen LogP contribution in [0, 0.1) is 5.82 Å². The van der Waals surface area contributed by atoms with Crippen LogP contribution in [-0.2, 0) is 0 Å². The van der Waals surface area contributed by atoms with Crippen molar-refractivity contribution in [3.05, 3.63) is 47.7 Å². The van der Waals surface area contributed by atoms with Gasteiger partial charge in [-0.3, -0.25) is 0 Å². The topological polar surface area (TPSA) is 119 Å². The summed E-state index contributed by atoms with van der Waals surface area (Å²) < 4.78 is 36.2. The highest BCUT2D eigenvalue weighted by molar-refractivity contribution is 5.94. The van der Waals surface area contributed by atoms with Gasteiger partial charge in [0.25, 0.3) is 0 Å². The monoisotopic (exact) mass is 444 g/mol. The van der Waals surface area contributed by atoms with Crippen molar-refractivity contribution in [2.24, 2.45) is 5.73 Å². The molecule has 2 fully saturated rings. The van der Waals surface area contributed by atoms with Crippen LogP contribution in [-0.4, -0.2) is 55.5 Å². The molecule has 0 spiro atoms. The lowest BCUT2D eigenvalue weighted by atomic mass is 10.1. The number of hydrogen-bond acceptors (Lipinski definition) is 7. The molecule has 5 rings (SSSR count). The largest absolute Gasteiger partial charge is 0.477 e. The fraction of sp³-hybridized carbons (Fsp3) is 0.429. The van der Waals surface area contributed by atoms with Crippen molar-refractivity contribution < 1.29 is 23.4 Å². The van der Waals surface area contributed by atoms with E-state index in [1.165, 1.54) is 16.8 Å². The molecule has 0 unspecified atom stereocenters. The summed E-state index contributed by atoms with van der Waals surface area (Å²) >= 11 is 0. The molecule has 32 heavy (non-hydrogen) atoms. The number of halogens is 2. The summed E-state index contributed by atoms with van der Waals surface area (Å²) in [5.74, 6) is -1.09. The minimum atomic E-state index is -1.18. The van der Waals surface area contributed by atoms with Gasteiger partial charge in [-0.2, -0.15) is 5.10 Å². The van der Waals surface area contributed by atoms with Crippen molar-refractivity contribution in [1.29, 1.82) is 0 Å². The van der Waals surface area contributed by atoms with Crippen molar-refractivity contribution >= 4 is 17.4 Å². The zero-order valence-electron chi connectivity index (χ0n) is 17.1. The van der Waals surface area contributed by atoms with E-state index in [4.69, 9.17) is 10.5 Å². The number of ether oxygens (including phenoxy) is 1. The Balaban J connectivity index is 1.52. The lowest BCUT2D eigenvalue weighted by molar-refractivity contribution is 0.0698. The molecule has 4 atom stereocenters. The quantitative estimate of drug-likeness (QED) is 0.616. The molecule has 1 saturated heterocycles. The number of hydrogen-bond donors (Lipinski definition) is 2. The van der Waals surface area contributed by atoms with Gasteiger partial charge < -0.3 is 20.5 Å². The molecule has 0 amide bonds. The number of carboxylic acid groups (broad SMARTS) is 1. The number of nitrogens with zero attached hydrogens (tertiary/aromatic N) is 5. The smallest absolute Gasteiger partial charge is 0.341 e. The Morgan fingerprint density at radius 1 is 1.28 bits per heavy atom. The van der Waals surface area contributed by atoms with Crippen LogP contribution in [0.3, 0.4) is 0 Å². The summed E-state index contributed by atoms with van der Waals surface area (Å²) in [6, 6.07) is 2.41. The van der Waals surface area contributed by atoms with Gasteiger partial charge in [0.15, 0.2) is 5.65 Å². The standard InChI is InChI=1S/C21H22F2N6O3/c22-11-5-15(20(25-8-11)32-14-2-1-13(24)7-14)17-6-12(23)10-28(17)18-3-4-29-19(27-18)16(9-26-29)21(30)31/h3-5,8-9,12-14,17H,1-2,6-7,10,24H2,(H,30,31)/t12-,13+,14-,17+/m0/s1. The molecule has 3 aromatic heterocycles. The molecule has 0 aromatic carbocycles. The van der Waals surface area contributed by atoms with E-state index < -0.39 is 24.0 Å². The molecular formula is C21H22F2N6O3. The maximum Gasteiger partial charge on any atom is 0.341 e. The molecule has 4 heterocycles. The van der Waals surface area contributed by atoms with Gasteiger partial charge in [-0.15, -0.1) is 0 Å². The zero-order chi connectivity index (χ0) is 22.4. The number of pyridine rings is 1. The second kappa shape index (κ2) is 7.97. The highest BCUT2D eigenvalue weighted by atomic mass is 19.1. The van der Waals surface area contributed by atoms with Crippen LogP contribution in [0.2, 0.25) is 0 Å². The third-order valence-corrected chi connectivity index (χ3v) is 6.04. The van der Waals surface area contributed by atoms with Crippen LogP contribution >= 0.6 is 0 Å². The second-order valence-corrected chi connectivity index (χ2v) is 8.28. The Bertz CT molecular complexity index is 1170. The Kier molecular flexibility index (Phi) is 5.12. The number of aromatic nitrogens is 4. The summed E-state index contributed by atoms with van der Waals surface area (Å²) in [4.78, 5) is 21.7. The molecule has 2 aliphatic rings. The predicted octanol–water partition coefficient (Wildman–Crippen LogP) is 2.51. The van der Waals surface area contributed by atoms with E-state index in [1.54, 1.807) is 17.2 Å². The first kappa shape index (κ1) is 20.6. The number of carboxylic acids is 1. The lowest BCUT2D eigenvalue weighted by Gasteiger charge is -2.27. The Labute approximate surface area is 181 Å². The Morgan fingerprint density at radius 3 is 2.88 bits per heavy atom. The van der Waals surface area contributed by atoms with Crippen LogP contribution in [0.1, 0.15) is 47.6 Å². The number of carbonyl (C=O) groups is 1. The first-order valence-corrected chi connectivity index (χ1v) is 10.4. The third-order valence-electron chi connectivity index (χ3n) is 6.04. The van der Waals surface area contributed by atoms with E-state index in [2.05, 4.69) is 15.1 Å². The zero-order valence-corrected chi connectivity index (χ0v) is 17.1. The molecular weight excluding hydrogens is 422 g/mol. The highest BCUT2D eigenvalue weighted by Gasteiger charge is 2.37. The number of nitrogens with two attached hydrogens (primary N) is 1. The van der Waals surface area contributed by atoms with Crippen molar-refractivity contribution in [1.82, 2.24) is 19.6 Å². The normalized spacial score (nSPS) is 25.5. The fourth-order valence-corrected chi connectivity index (χ4v) is 4.52. The number of fused-ring (bicyclic) bond motifs is 1. The summed E-state index contributed by atoms with van der Waals surface area (Å²) in [5, 5.41) is 13.4. The van der Waals surface area contributed by atoms with E-state index in [9.17, 15) is 18.7 Å². The van der Waals surface area contributed by atoms with Gasteiger partial charge in [0, 0.05) is 24.2 Å². The summed E-state index contributed by atoms with van der Waals surface area (Å²) in [6.07, 6.45) is 4.93. The molecule has 9 nitrogen and oxygen atoms in total. The lowest BCUT2D eigenvalue weighted by Crippen LogP contribution is -2.26. The van der Waals surface area contributed by atoms with Gasteiger partial charge in [0.1, 0.15) is 29.5 Å². The van der Waals surface area contributed by atoms with Crippen LogP contribution in [0.15, 0.2) is 30.7 Å². The maximum atomic E-state index is 14.6. The van der Waals surface area contributed by atoms with Crippen LogP contribution in [0.25, 0.3) is 5.65 Å². The molecule has 1 saturated carbocycles. The molecule has 0 bridgehead atoms. The van der Waals surface area contributed by atoms with Crippen molar-refractivity contribution in [2.75, 3.05) is 11.4 Å². The third kappa shape index (κ3) is 3.72. The molecule has 3 aromatic rings. The Morgan fingerprint density at radius 2 is 2.12 bits per heavy atom. The second-order valence-electron chi connectivity index (χ2n) is 8.28. The summed E-state index contributed by atoms with van der Waals surface area (Å²) in [7, 11) is 0. The average molecular weight is 444 g/mol. The van der Waals surface area contributed by atoms with E-state index in [1.807, 2.05) is 0 Å². The van der Waals surface area contributed by atoms with Crippen LogP contribution in [0.4, 0.5) is 14.6 Å². The molecule has 3 N–H and O–H groups in total. The number of anilines is 1. The predicted molar refractivity (Wildman–Crippen MR) is 110 cm³/mol. The van der Waals surface area contributed by atoms with Crippen molar-refractivity contribution in [2.45, 2.75) is 50.0 Å². The average Bonchev–Trinajstić information content (AvgIpc) is 3.47. The van der Waals surface area contributed by atoms with E-state index in [0.717, 1.165) is 19.0 Å². The van der Waals surface area contributed by atoms with E-state index in [-0.39, 0.29) is 42.2 Å². The SMILES string of the molecule is N[C@@H]1CC[C@H](Oc2ncc(F)cc2[C@H]2C[C@H](F)CN2c2ccn3ncc(C(=O)O)c3n2)C1. The van der Waals surface area contributed by atoms with E-state index >= 15 is 0 Å². The van der Waals surface area contributed by atoms with Crippen LogP contribution in [0.5, 0.6) is 5.88 Å². The maximum absolute atomic E-state index is 14.6. The number of rotatable bonds is 5. The van der Waals surface area contributed by atoms with Gasteiger partial charge >= 0.3 is 5.97 Å². The molecule has 1 aliphatic heterocycles. The molecule has 168 valence electrons. The first-order valence-electron chi connectivity index (χ1n) is 10.4. The minimum absolute atomic E-state index is 0.0225. The highest BCUT2D eigenvalue weighted by Crippen LogP contribution is 2.41. The van der Waals surface area contributed by atoms with Gasteiger partial charge in [-0.25, -0.2) is 28.1 Å². The van der Waals surface area contributed by atoms with Gasteiger partial charge in [-0.1, -0.05) is 0 Å². The van der Waals surface area contributed by atoms with Gasteiger partial charge in [-0.05, 0) is 31.4 Å². The first-order chi connectivity index (χ1) is 15.4. The summed E-state index contributed by atoms with van der Waals surface area (Å²) in [6.45, 7) is 0.0225. The number of aromatic carboxylic acids is 1. The minimum Gasteiger partial charge on any atom is -0.477 e. The van der Waals surface area contributed by atoms with Crippen molar-refractivity contribution in [3.63, 3.8) is 0 Å². The molecule has 0 radical (unpaired) electrons. The fourth-order valence-electron chi connectivity index (χ4n) is 4.52. The summed E-state index contributed by atoms with van der Waals surface area (Å²) in [5.41, 5.74) is 6.49. The molecule has 1 aliphatic carbocycles.